The molecule has 0 spiro atoms. The highest BCUT2D eigenvalue weighted by atomic mass is 79.9. The summed E-state index contributed by atoms with van der Waals surface area (Å²) in [5, 5.41) is 0. The molecule has 1 unspecified atom stereocenters. The molecule has 0 aliphatic heterocycles. The quantitative estimate of drug-likeness (QED) is 0.549. The Morgan fingerprint density at radius 3 is 2.43 bits per heavy atom. The number of alkyl halides is 1. The van der Waals surface area contributed by atoms with Gasteiger partial charge in [-0.25, -0.2) is 0 Å². The fourth-order valence-electron chi connectivity index (χ4n) is 2.86. The minimum absolute atomic E-state index is 0.244. The third kappa shape index (κ3) is 2.91. The van der Waals surface area contributed by atoms with Crippen LogP contribution in [0.4, 0.5) is 0 Å². The van der Waals surface area contributed by atoms with E-state index < -0.39 is 0 Å². The smallest absolute Gasteiger partial charge is 0.133 e. The van der Waals surface area contributed by atoms with Crippen LogP contribution < -0.4 is 4.74 Å². The number of halogens is 2. The molecule has 3 rings (SSSR count). The summed E-state index contributed by atoms with van der Waals surface area (Å²) < 4.78 is 6.62. The molecule has 3 heteroatoms. The highest BCUT2D eigenvalue weighted by Gasteiger charge is 2.50. The number of ether oxygens (including phenoxy) is 1. The fourth-order valence-corrected chi connectivity index (χ4v) is 4.38. The highest BCUT2D eigenvalue weighted by Crippen LogP contribution is 2.60. The van der Waals surface area contributed by atoms with Gasteiger partial charge in [-0.1, -0.05) is 52.3 Å². The van der Waals surface area contributed by atoms with E-state index in [-0.39, 0.29) is 5.41 Å². The number of hydrogen-bond donors (Lipinski definition) is 0. The minimum Gasteiger partial charge on any atom is -0.493 e. The molecule has 0 bridgehead atoms. The third-order valence-corrected chi connectivity index (χ3v) is 6.20. The van der Waals surface area contributed by atoms with E-state index >= 15 is 0 Å². The first-order valence-corrected chi connectivity index (χ1v) is 9.00. The second-order valence-electron chi connectivity index (χ2n) is 5.51. The average molecular weight is 410 g/mol. The molecule has 110 valence electrons. The molecule has 2 aromatic carbocycles. The molecule has 0 N–H and O–H groups in total. The van der Waals surface area contributed by atoms with Crippen LogP contribution in [0.15, 0.2) is 53.0 Å². The summed E-state index contributed by atoms with van der Waals surface area (Å²) >= 11 is 7.56. The van der Waals surface area contributed by atoms with E-state index in [2.05, 4.69) is 80.4 Å². The summed E-state index contributed by atoms with van der Waals surface area (Å²) in [6, 6.07) is 17.2. The normalized spacial score (nSPS) is 17.3. The molecule has 0 amide bonds. The molecule has 1 saturated carbocycles. The van der Waals surface area contributed by atoms with Crippen molar-refractivity contribution < 1.29 is 4.74 Å². The van der Waals surface area contributed by atoms with Crippen molar-refractivity contribution in [2.24, 2.45) is 0 Å². The lowest BCUT2D eigenvalue weighted by Crippen LogP contribution is -2.13. The third-order valence-electron chi connectivity index (χ3n) is 4.17. The first kappa shape index (κ1) is 15.1. The van der Waals surface area contributed by atoms with Gasteiger partial charge in [-0.05, 0) is 59.0 Å². The van der Waals surface area contributed by atoms with Crippen molar-refractivity contribution in [3.63, 3.8) is 0 Å². The van der Waals surface area contributed by atoms with Crippen molar-refractivity contribution in [1.82, 2.24) is 0 Å². The van der Waals surface area contributed by atoms with Gasteiger partial charge in [0.2, 0.25) is 0 Å². The van der Waals surface area contributed by atoms with Crippen LogP contribution in [0.3, 0.4) is 0 Å². The number of hydrogen-bond acceptors (Lipinski definition) is 1. The zero-order valence-electron chi connectivity index (χ0n) is 12.0. The van der Waals surface area contributed by atoms with E-state index in [0.717, 1.165) is 10.2 Å². The molecule has 21 heavy (non-hydrogen) atoms. The Morgan fingerprint density at radius 1 is 1.14 bits per heavy atom. The SMILES string of the molecule is CCOc1ccc(C(Br)C2(c3ccccc3)CC2)cc1Br. The molecular formula is C18H18Br2O. The molecule has 2 aromatic rings. The van der Waals surface area contributed by atoms with Crippen molar-refractivity contribution >= 4 is 31.9 Å². The van der Waals surface area contributed by atoms with Gasteiger partial charge in [-0.2, -0.15) is 0 Å². The Kier molecular flexibility index (Phi) is 4.41. The van der Waals surface area contributed by atoms with Crippen molar-refractivity contribution in [2.75, 3.05) is 6.61 Å². The zero-order chi connectivity index (χ0) is 14.9. The summed E-state index contributed by atoms with van der Waals surface area (Å²) in [5.74, 6) is 0.908. The standard InChI is InChI=1S/C18H18Br2O/c1-2-21-16-9-8-13(12-15(16)19)17(20)18(10-11-18)14-6-4-3-5-7-14/h3-9,12,17H,2,10-11H2,1H3. The predicted molar refractivity (Wildman–Crippen MR) is 94.3 cm³/mol. The first-order chi connectivity index (χ1) is 10.2. The Balaban J connectivity index is 1.89. The van der Waals surface area contributed by atoms with Crippen LogP contribution in [0.2, 0.25) is 0 Å². The molecule has 0 radical (unpaired) electrons. The average Bonchev–Trinajstić information content (AvgIpc) is 3.31. The van der Waals surface area contributed by atoms with Gasteiger partial charge in [-0.15, -0.1) is 0 Å². The zero-order valence-corrected chi connectivity index (χ0v) is 15.2. The molecule has 1 fully saturated rings. The topological polar surface area (TPSA) is 9.23 Å². The van der Waals surface area contributed by atoms with Crippen LogP contribution in [-0.4, -0.2) is 6.61 Å². The molecule has 1 atom stereocenters. The van der Waals surface area contributed by atoms with Crippen LogP contribution in [-0.2, 0) is 5.41 Å². The van der Waals surface area contributed by atoms with Gasteiger partial charge < -0.3 is 4.74 Å². The Morgan fingerprint density at radius 2 is 1.86 bits per heavy atom. The molecule has 1 aliphatic rings. The van der Waals surface area contributed by atoms with Crippen molar-refractivity contribution in [3.05, 3.63) is 64.1 Å². The van der Waals surface area contributed by atoms with Crippen molar-refractivity contribution in [3.8, 4) is 5.75 Å². The maximum atomic E-state index is 5.60. The van der Waals surface area contributed by atoms with Crippen LogP contribution in [0, 0.1) is 0 Å². The lowest BCUT2D eigenvalue weighted by Gasteiger charge is -2.23. The van der Waals surface area contributed by atoms with Crippen LogP contribution in [0.25, 0.3) is 0 Å². The summed E-state index contributed by atoms with van der Waals surface area (Å²) in [5.41, 5.74) is 2.97. The first-order valence-electron chi connectivity index (χ1n) is 7.29. The lowest BCUT2D eigenvalue weighted by molar-refractivity contribution is 0.338. The minimum atomic E-state index is 0.244. The van der Waals surface area contributed by atoms with E-state index in [0.29, 0.717) is 11.4 Å². The van der Waals surface area contributed by atoms with Crippen LogP contribution in [0.1, 0.15) is 35.7 Å². The van der Waals surface area contributed by atoms with E-state index in [1.165, 1.54) is 24.0 Å². The van der Waals surface area contributed by atoms with Gasteiger partial charge in [0.1, 0.15) is 5.75 Å². The highest BCUT2D eigenvalue weighted by molar-refractivity contribution is 9.10. The Bertz CT molecular complexity index is 620. The second-order valence-corrected chi connectivity index (χ2v) is 7.28. The summed E-state index contributed by atoms with van der Waals surface area (Å²) in [4.78, 5) is 0.333. The largest absolute Gasteiger partial charge is 0.493 e. The van der Waals surface area contributed by atoms with Gasteiger partial charge in [-0.3, -0.25) is 0 Å². The summed E-state index contributed by atoms with van der Waals surface area (Å²) in [6.07, 6.45) is 2.47. The predicted octanol–water partition coefficient (Wildman–Crippen LogP) is 6.02. The summed E-state index contributed by atoms with van der Waals surface area (Å²) in [6.45, 7) is 2.69. The van der Waals surface area contributed by atoms with Gasteiger partial charge in [0.25, 0.3) is 0 Å². The van der Waals surface area contributed by atoms with Crippen molar-refractivity contribution in [2.45, 2.75) is 30.0 Å². The van der Waals surface area contributed by atoms with Crippen molar-refractivity contribution in [1.29, 1.82) is 0 Å². The Labute approximate surface area is 143 Å². The molecule has 0 saturated heterocycles. The lowest BCUT2D eigenvalue weighted by atomic mass is 9.89. The van der Waals surface area contributed by atoms with Gasteiger partial charge in [0.15, 0.2) is 0 Å². The number of benzene rings is 2. The van der Waals surface area contributed by atoms with Crippen LogP contribution in [0.5, 0.6) is 5.75 Å². The number of rotatable bonds is 5. The van der Waals surface area contributed by atoms with Gasteiger partial charge >= 0.3 is 0 Å². The molecule has 0 heterocycles. The van der Waals surface area contributed by atoms with Gasteiger partial charge in [0, 0.05) is 10.2 Å². The molecule has 0 aromatic heterocycles. The maximum Gasteiger partial charge on any atom is 0.133 e. The van der Waals surface area contributed by atoms with Crippen LogP contribution >= 0.6 is 31.9 Å². The summed E-state index contributed by atoms with van der Waals surface area (Å²) in [7, 11) is 0. The Hall–Kier alpha value is -0.800. The second kappa shape index (κ2) is 6.13. The van der Waals surface area contributed by atoms with E-state index in [4.69, 9.17) is 4.74 Å². The molecule has 1 aliphatic carbocycles. The van der Waals surface area contributed by atoms with Gasteiger partial charge in [0.05, 0.1) is 11.1 Å². The van der Waals surface area contributed by atoms with E-state index in [9.17, 15) is 0 Å². The van der Waals surface area contributed by atoms with E-state index in [1.54, 1.807) is 0 Å². The molecule has 1 nitrogen and oxygen atoms in total. The maximum absolute atomic E-state index is 5.60. The monoisotopic (exact) mass is 408 g/mol. The fraction of sp³-hybridized carbons (Fsp3) is 0.333. The molecular weight excluding hydrogens is 392 g/mol. The van der Waals surface area contributed by atoms with E-state index in [1.807, 2.05) is 6.92 Å².